The van der Waals surface area contributed by atoms with Crippen LogP contribution in [0.2, 0.25) is 0 Å². The molecule has 4 heteroatoms. The Balaban J connectivity index is 1.74. The molecule has 1 atom stereocenters. The third kappa shape index (κ3) is 5.52. The highest BCUT2D eigenvalue weighted by molar-refractivity contribution is 7.99. The van der Waals surface area contributed by atoms with Crippen LogP contribution in [0.25, 0.3) is 0 Å². The number of nitrogens with one attached hydrogen (secondary N) is 1. The first-order valence-electron chi connectivity index (χ1n) is 6.94. The highest BCUT2D eigenvalue weighted by atomic mass is 32.2. The van der Waals surface area contributed by atoms with Gasteiger partial charge in [-0.15, -0.1) is 11.8 Å². The molecule has 0 aliphatic heterocycles. The number of para-hydroxylation sites is 1. The summed E-state index contributed by atoms with van der Waals surface area (Å²) in [6, 6.07) is 16.6. The van der Waals surface area contributed by atoms with Crippen LogP contribution in [0.3, 0.4) is 0 Å². The first kappa shape index (κ1) is 15.4. The Bertz CT molecular complexity index is 569. The Morgan fingerprint density at radius 3 is 2.48 bits per heavy atom. The summed E-state index contributed by atoms with van der Waals surface area (Å²) in [6.45, 7) is 2.10. The molecule has 21 heavy (non-hydrogen) atoms. The van der Waals surface area contributed by atoms with Crippen molar-refractivity contribution in [3.8, 4) is 5.75 Å². The van der Waals surface area contributed by atoms with E-state index in [1.807, 2.05) is 42.5 Å². The maximum Gasteiger partial charge on any atom is 0.224 e. The summed E-state index contributed by atoms with van der Waals surface area (Å²) < 4.78 is 0. The predicted octanol–water partition coefficient (Wildman–Crippen LogP) is 4.29. The monoisotopic (exact) mass is 301 g/mol. The Kier molecular flexibility index (Phi) is 5.69. The molecule has 0 saturated carbocycles. The highest BCUT2D eigenvalue weighted by Crippen LogP contribution is 2.27. The number of phenolic OH excluding ortho intramolecular Hbond substituents is 1. The van der Waals surface area contributed by atoms with E-state index in [9.17, 15) is 9.90 Å². The number of aromatic hydroxyl groups is 1. The number of benzene rings is 2. The average molecular weight is 301 g/mol. The van der Waals surface area contributed by atoms with Gasteiger partial charge in [-0.3, -0.25) is 4.79 Å². The summed E-state index contributed by atoms with van der Waals surface area (Å²) in [4.78, 5) is 13.0. The van der Waals surface area contributed by atoms with Crippen molar-refractivity contribution in [3.05, 3.63) is 54.6 Å². The zero-order chi connectivity index (χ0) is 15.1. The molecule has 2 N–H and O–H groups in total. The summed E-state index contributed by atoms with van der Waals surface area (Å²) in [5.41, 5.74) is 0.835. The van der Waals surface area contributed by atoms with Crippen molar-refractivity contribution in [1.29, 1.82) is 0 Å². The Hall–Kier alpha value is -1.94. The Labute approximate surface area is 129 Å². The molecular weight excluding hydrogens is 282 g/mol. The first-order valence-corrected chi connectivity index (χ1v) is 7.82. The quantitative estimate of drug-likeness (QED) is 0.782. The van der Waals surface area contributed by atoms with E-state index >= 15 is 0 Å². The number of carbonyl (C=O) groups is 1. The number of rotatable bonds is 6. The molecule has 0 radical (unpaired) electrons. The maximum atomic E-state index is 11.9. The van der Waals surface area contributed by atoms with Gasteiger partial charge in [-0.2, -0.15) is 0 Å². The van der Waals surface area contributed by atoms with E-state index in [4.69, 9.17) is 0 Å². The van der Waals surface area contributed by atoms with Gasteiger partial charge >= 0.3 is 0 Å². The largest absolute Gasteiger partial charge is 0.508 e. The van der Waals surface area contributed by atoms with Crippen molar-refractivity contribution >= 4 is 23.4 Å². The third-order valence-electron chi connectivity index (χ3n) is 3.01. The summed E-state index contributed by atoms with van der Waals surface area (Å²) in [6.07, 6.45) is 1.31. The zero-order valence-electron chi connectivity index (χ0n) is 12.0. The topological polar surface area (TPSA) is 49.3 Å². The number of anilines is 1. The van der Waals surface area contributed by atoms with Crippen LogP contribution in [-0.4, -0.2) is 16.3 Å². The van der Waals surface area contributed by atoms with Gasteiger partial charge in [-0.1, -0.05) is 25.1 Å². The second-order valence-corrected chi connectivity index (χ2v) is 6.39. The molecule has 2 aromatic carbocycles. The lowest BCUT2D eigenvalue weighted by Crippen LogP contribution is -2.13. The summed E-state index contributed by atoms with van der Waals surface area (Å²) >= 11 is 1.71. The van der Waals surface area contributed by atoms with Crippen molar-refractivity contribution in [2.75, 3.05) is 5.32 Å². The average Bonchev–Trinajstić information content (AvgIpc) is 2.49. The van der Waals surface area contributed by atoms with Crippen LogP contribution in [0.5, 0.6) is 5.75 Å². The van der Waals surface area contributed by atoms with E-state index in [-0.39, 0.29) is 11.7 Å². The molecule has 2 rings (SSSR count). The molecule has 1 unspecified atom stereocenters. The minimum atomic E-state index is 0.0411. The van der Waals surface area contributed by atoms with E-state index in [1.165, 1.54) is 0 Å². The highest BCUT2D eigenvalue weighted by Gasteiger charge is 2.08. The number of amides is 1. The van der Waals surface area contributed by atoms with Gasteiger partial charge in [0.05, 0.1) is 0 Å². The van der Waals surface area contributed by atoms with Crippen molar-refractivity contribution in [1.82, 2.24) is 0 Å². The van der Waals surface area contributed by atoms with Crippen LogP contribution >= 0.6 is 11.8 Å². The predicted molar refractivity (Wildman–Crippen MR) is 87.7 cm³/mol. The minimum absolute atomic E-state index is 0.0411. The molecule has 0 heterocycles. The lowest BCUT2D eigenvalue weighted by Gasteiger charge is -2.11. The van der Waals surface area contributed by atoms with Crippen molar-refractivity contribution in [3.63, 3.8) is 0 Å². The molecular formula is C17H19NO2S. The molecule has 2 aromatic rings. The molecule has 110 valence electrons. The number of phenols is 1. The van der Waals surface area contributed by atoms with Crippen molar-refractivity contribution < 1.29 is 9.90 Å². The lowest BCUT2D eigenvalue weighted by molar-refractivity contribution is -0.116. The standard InChI is InChI=1S/C17H19NO2S/c1-13(21-16-10-8-15(19)9-11-16)7-12-17(20)18-14-5-3-2-4-6-14/h2-6,8-11,13,19H,7,12H2,1H3,(H,18,20). The lowest BCUT2D eigenvalue weighted by atomic mass is 10.2. The Morgan fingerprint density at radius 1 is 1.14 bits per heavy atom. The second-order valence-electron chi connectivity index (χ2n) is 4.88. The fourth-order valence-corrected chi connectivity index (χ4v) is 2.89. The SMILES string of the molecule is CC(CCC(=O)Nc1ccccc1)Sc1ccc(O)cc1. The van der Waals surface area contributed by atoms with Crippen LogP contribution in [0.4, 0.5) is 5.69 Å². The van der Waals surface area contributed by atoms with E-state index < -0.39 is 0 Å². The molecule has 0 aromatic heterocycles. The van der Waals surface area contributed by atoms with Gasteiger partial charge in [-0.25, -0.2) is 0 Å². The van der Waals surface area contributed by atoms with Gasteiger partial charge in [0.25, 0.3) is 0 Å². The van der Waals surface area contributed by atoms with Crippen LogP contribution in [0.15, 0.2) is 59.5 Å². The maximum absolute atomic E-state index is 11.9. The van der Waals surface area contributed by atoms with Crippen LogP contribution in [-0.2, 0) is 4.79 Å². The number of thioether (sulfide) groups is 1. The number of hydrogen-bond acceptors (Lipinski definition) is 3. The molecule has 0 saturated heterocycles. The van der Waals surface area contributed by atoms with Crippen LogP contribution in [0.1, 0.15) is 19.8 Å². The summed E-state index contributed by atoms with van der Waals surface area (Å²) in [7, 11) is 0. The third-order valence-corrected chi connectivity index (χ3v) is 4.19. The van der Waals surface area contributed by atoms with Gasteiger partial charge in [0.15, 0.2) is 0 Å². The Morgan fingerprint density at radius 2 is 1.81 bits per heavy atom. The smallest absolute Gasteiger partial charge is 0.224 e. The van der Waals surface area contributed by atoms with Crippen molar-refractivity contribution in [2.24, 2.45) is 0 Å². The first-order chi connectivity index (χ1) is 10.1. The van der Waals surface area contributed by atoms with E-state index in [0.717, 1.165) is 17.0 Å². The zero-order valence-corrected chi connectivity index (χ0v) is 12.8. The van der Waals surface area contributed by atoms with E-state index in [2.05, 4.69) is 12.2 Å². The molecule has 0 aliphatic carbocycles. The van der Waals surface area contributed by atoms with E-state index in [0.29, 0.717) is 11.7 Å². The fraction of sp³-hybridized carbons (Fsp3) is 0.235. The number of carbonyl (C=O) groups excluding carboxylic acids is 1. The van der Waals surface area contributed by atoms with Gasteiger partial charge in [0.1, 0.15) is 5.75 Å². The van der Waals surface area contributed by atoms with E-state index in [1.54, 1.807) is 23.9 Å². The van der Waals surface area contributed by atoms with Gasteiger partial charge in [-0.05, 0) is 42.8 Å². The molecule has 0 fully saturated rings. The normalized spacial score (nSPS) is 11.9. The minimum Gasteiger partial charge on any atom is -0.508 e. The molecule has 0 spiro atoms. The second kappa shape index (κ2) is 7.74. The molecule has 0 aliphatic rings. The van der Waals surface area contributed by atoms with Crippen LogP contribution in [0, 0.1) is 0 Å². The molecule has 0 bridgehead atoms. The van der Waals surface area contributed by atoms with Gasteiger partial charge < -0.3 is 10.4 Å². The fourth-order valence-electron chi connectivity index (χ4n) is 1.90. The summed E-state index contributed by atoms with van der Waals surface area (Å²) in [5, 5.41) is 12.5. The van der Waals surface area contributed by atoms with Gasteiger partial charge in [0.2, 0.25) is 5.91 Å². The summed E-state index contributed by atoms with van der Waals surface area (Å²) in [5.74, 6) is 0.314. The van der Waals surface area contributed by atoms with Crippen LogP contribution < -0.4 is 5.32 Å². The van der Waals surface area contributed by atoms with Crippen molar-refractivity contribution in [2.45, 2.75) is 29.9 Å². The number of hydrogen-bond donors (Lipinski definition) is 2. The molecule has 3 nitrogen and oxygen atoms in total. The van der Waals surface area contributed by atoms with Gasteiger partial charge in [0, 0.05) is 22.3 Å². The molecule has 1 amide bonds.